The van der Waals surface area contributed by atoms with Gasteiger partial charge in [0.1, 0.15) is 0 Å². The zero-order chi connectivity index (χ0) is 21.9. The van der Waals surface area contributed by atoms with Gasteiger partial charge in [-0.05, 0) is 35.4 Å². The quantitative estimate of drug-likeness (QED) is 0.306. The SMILES string of the molecule is Cn1c(-c2ccccc2)csc1=Nc1ccc(N=c2scc(-c3ccccc3)n2C)cc1. The van der Waals surface area contributed by atoms with Gasteiger partial charge in [-0.2, -0.15) is 0 Å². The summed E-state index contributed by atoms with van der Waals surface area (Å²) in [6.45, 7) is 0. The molecular formula is C26H22N4S2. The van der Waals surface area contributed by atoms with Gasteiger partial charge in [0.2, 0.25) is 0 Å². The third-order valence-electron chi connectivity index (χ3n) is 5.29. The maximum absolute atomic E-state index is 4.83. The molecule has 0 aliphatic heterocycles. The summed E-state index contributed by atoms with van der Waals surface area (Å²) in [6.07, 6.45) is 0. The molecule has 0 fully saturated rings. The molecule has 0 bridgehead atoms. The molecule has 0 spiro atoms. The topological polar surface area (TPSA) is 34.6 Å². The molecule has 5 aromatic rings. The summed E-state index contributed by atoms with van der Waals surface area (Å²) in [5.74, 6) is 0. The number of benzene rings is 3. The van der Waals surface area contributed by atoms with E-state index in [1.807, 2.05) is 36.4 Å². The summed E-state index contributed by atoms with van der Waals surface area (Å²) in [7, 11) is 4.12. The van der Waals surface area contributed by atoms with E-state index in [1.165, 1.54) is 22.5 Å². The van der Waals surface area contributed by atoms with Gasteiger partial charge >= 0.3 is 0 Å². The van der Waals surface area contributed by atoms with Crippen molar-refractivity contribution in [1.82, 2.24) is 9.13 Å². The molecule has 2 aromatic heterocycles. The Morgan fingerprint density at radius 2 is 0.906 bits per heavy atom. The van der Waals surface area contributed by atoms with Crippen LogP contribution in [0.4, 0.5) is 11.4 Å². The number of aromatic nitrogens is 2. The average molecular weight is 455 g/mol. The normalized spacial score (nSPS) is 12.4. The lowest BCUT2D eigenvalue weighted by molar-refractivity contribution is 0.882. The second-order valence-corrected chi connectivity index (χ2v) is 9.07. The summed E-state index contributed by atoms with van der Waals surface area (Å²) in [5, 5.41) is 4.30. The molecule has 0 radical (unpaired) electrons. The maximum atomic E-state index is 4.83. The molecule has 0 atom stereocenters. The molecule has 32 heavy (non-hydrogen) atoms. The minimum atomic E-state index is 0.918. The van der Waals surface area contributed by atoms with Crippen molar-refractivity contribution in [3.63, 3.8) is 0 Å². The number of thiazole rings is 2. The van der Waals surface area contributed by atoms with Crippen LogP contribution in [-0.4, -0.2) is 9.13 Å². The highest BCUT2D eigenvalue weighted by Crippen LogP contribution is 2.22. The van der Waals surface area contributed by atoms with E-state index in [9.17, 15) is 0 Å². The van der Waals surface area contributed by atoms with Crippen LogP contribution < -0.4 is 9.60 Å². The molecule has 5 rings (SSSR count). The molecule has 0 saturated heterocycles. The van der Waals surface area contributed by atoms with Crippen LogP contribution in [0.15, 0.2) is 106 Å². The van der Waals surface area contributed by atoms with Crippen LogP contribution in [0, 0.1) is 0 Å². The van der Waals surface area contributed by atoms with E-state index in [0.717, 1.165) is 21.0 Å². The predicted molar refractivity (Wildman–Crippen MR) is 134 cm³/mol. The van der Waals surface area contributed by atoms with Crippen LogP contribution in [0.3, 0.4) is 0 Å². The Hall–Kier alpha value is -3.48. The zero-order valence-electron chi connectivity index (χ0n) is 17.8. The fourth-order valence-electron chi connectivity index (χ4n) is 3.51. The Bertz CT molecular complexity index is 1350. The lowest BCUT2D eigenvalue weighted by Crippen LogP contribution is -2.11. The fourth-order valence-corrected chi connectivity index (χ4v) is 5.36. The van der Waals surface area contributed by atoms with Crippen LogP contribution in [0.2, 0.25) is 0 Å². The second kappa shape index (κ2) is 8.94. The van der Waals surface area contributed by atoms with E-state index in [1.54, 1.807) is 22.7 Å². The molecule has 0 aliphatic carbocycles. The highest BCUT2D eigenvalue weighted by molar-refractivity contribution is 7.07. The molecule has 0 N–H and O–H groups in total. The van der Waals surface area contributed by atoms with Crippen LogP contribution in [-0.2, 0) is 14.1 Å². The second-order valence-electron chi connectivity index (χ2n) is 7.40. The van der Waals surface area contributed by atoms with E-state index in [-0.39, 0.29) is 0 Å². The van der Waals surface area contributed by atoms with E-state index >= 15 is 0 Å². The molecule has 2 heterocycles. The zero-order valence-corrected chi connectivity index (χ0v) is 19.5. The number of hydrogen-bond acceptors (Lipinski definition) is 4. The summed E-state index contributed by atoms with van der Waals surface area (Å²) in [5.41, 5.74) is 6.56. The Labute approximate surface area is 194 Å². The van der Waals surface area contributed by atoms with Crippen LogP contribution in [0.5, 0.6) is 0 Å². The minimum Gasteiger partial charge on any atom is -0.320 e. The third-order valence-corrected chi connectivity index (χ3v) is 7.12. The standard InChI is InChI=1S/C26H22N4S2/c1-29-23(19-9-5-3-6-10-19)17-31-25(29)27-21-13-15-22(16-14-21)28-26-30(2)24(18-32-26)20-11-7-4-8-12-20/h3-18H,1-2H3. The molecule has 158 valence electrons. The first-order chi connectivity index (χ1) is 15.7. The van der Waals surface area contributed by atoms with Crippen LogP contribution in [0.1, 0.15) is 0 Å². The van der Waals surface area contributed by atoms with E-state index in [4.69, 9.17) is 9.98 Å². The van der Waals surface area contributed by atoms with Gasteiger partial charge in [-0.15, -0.1) is 22.7 Å². The Kier molecular flexibility index (Phi) is 5.71. The largest absolute Gasteiger partial charge is 0.320 e. The first kappa shape index (κ1) is 20.4. The van der Waals surface area contributed by atoms with Gasteiger partial charge in [-0.1, -0.05) is 60.7 Å². The lowest BCUT2D eigenvalue weighted by Gasteiger charge is -2.03. The Morgan fingerprint density at radius 1 is 0.531 bits per heavy atom. The van der Waals surface area contributed by atoms with Crippen molar-refractivity contribution in [2.24, 2.45) is 24.1 Å². The molecule has 6 heteroatoms. The first-order valence-electron chi connectivity index (χ1n) is 10.3. The van der Waals surface area contributed by atoms with Gasteiger partial charge < -0.3 is 9.13 Å². The van der Waals surface area contributed by atoms with Crippen molar-refractivity contribution in [3.8, 4) is 22.5 Å². The van der Waals surface area contributed by atoms with Gasteiger partial charge in [0.25, 0.3) is 0 Å². The Balaban J connectivity index is 1.43. The highest BCUT2D eigenvalue weighted by atomic mass is 32.1. The summed E-state index contributed by atoms with van der Waals surface area (Å²) < 4.78 is 4.27. The Morgan fingerprint density at radius 3 is 1.28 bits per heavy atom. The summed E-state index contributed by atoms with van der Waals surface area (Å²) in [4.78, 5) is 11.6. The lowest BCUT2D eigenvalue weighted by atomic mass is 10.2. The van der Waals surface area contributed by atoms with E-state index in [0.29, 0.717) is 0 Å². The van der Waals surface area contributed by atoms with Gasteiger partial charge in [0.15, 0.2) is 9.60 Å². The van der Waals surface area contributed by atoms with Gasteiger partial charge in [0, 0.05) is 24.9 Å². The van der Waals surface area contributed by atoms with Crippen molar-refractivity contribution < 1.29 is 0 Å². The van der Waals surface area contributed by atoms with Crippen LogP contribution in [0.25, 0.3) is 22.5 Å². The minimum absolute atomic E-state index is 0.918. The molecule has 4 nitrogen and oxygen atoms in total. The van der Waals surface area contributed by atoms with E-state index < -0.39 is 0 Å². The van der Waals surface area contributed by atoms with E-state index in [2.05, 4.69) is 82.5 Å². The predicted octanol–water partition coefficient (Wildman–Crippen LogP) is 6.29. The number of nitrogens with zero attached hydrogens (tertiary/aromatic N) is 4. The monoisotopic (exact) mass is 454 g/mol. The van der Waals surface area contributed by atoms with Crippen molar-refractivity contribution in [2.75, 3.05) is 0 Å². The number of hydrogen-bond donors (Lipinski definition) is 0. The molecule has 3 aromatic carbocycles. The molecule has 0 aliphatic rings. The average Bonchev–Trinajstić information content (AvgIpc) is 3.38. The van der Waals surface area contributed by atoms with Gasteiger partial charge in [-0.25, -0.2) is 9.98 Å². The van der Waals surface area contributed by atoms with Crippen molar-refractivity contribution in [2.45, 2.75) is 0 Å². The van der Waals surface area contributed by atoms with Crippen LogP contribution >= 0.6 is 22.7 Å². The van der Waals surface area contributed by atoms with Gasteiger partial charge in [-0.3, -0.25) is 0 Å². The first-order valence-corrected chi connectivity index (χ1v) is 12.0. The molecule has 0 unspecified atom stereocenters. The van der Waals surface area contributed by atoms with Crippen molar-refractivity contribution >= 4 is 34.0 Å². The van der Waals surface area contributed by atoms with Crippen molar-refractivity contribution in [3.05, 3.63) is 105 Å². The summed E-state index contributed by atoms with van der Waals surface area (Å²) in [6, 6.07) is 28.9. The smallest absolute Gasteiger partial charge is 0.190 e. The van der Waals surface area contributed by atoms with Gasteiger partial charge in [0.05, 0.1) is 22.8 Å². The fraction of sp³-hybridized carbons (Fsp3) is 0.0769. The molecule has 0 amide bonds. The third kappa shape index (κ3) is 4.15. The highest BCUT2D eigenvalue weighted by Gasteiger charge is 2.05. The molecular weight excluding hydrogens is 432 g/mol. The number of rotatable bonds is 4. The van der Waals surface area contributed by atoms with Crippen molar-refractivity contribution in [1.29, 1.82) is 0 Å². The molecule has 0 saturated carbocycles. The maximum Gasteiger partial charge on any atom is 0.190 e. The summed E-state index contributed by atoms with van der Waals surface area (Å²) >= 11 is 3.29.